The Kier molecular flexibility index (Phi) is 3.38. The number of benzene rings is 2. The average Bonchev–Trinajstić information content (AvgIpc) is 2.91. The zero-order valence-corrected chi connectivity index (χ0v) is 11.1. The van der Waals surface area contributed by atoms with E-state index in [-0.39, 0.29) is 5.52 Å². The number of para-hydroxylation sites is 1. The molecule has 0 aliphatic rings. The summed E-state index contributed by atoms with van der Waals surface area (Å²) < 4.78 is 9.71. The number of hydrogen-bond donors (Lipinski definition) is 0. The molecule has 0 radical (unpaired) electrons. The summed E-state index contributed by atoms with van der Waals surface area (Å²) in [4.78, 5) is 5.51. The van der Waals surface area contributed by atoms with E-state index in [2.05, 4.69) is 14.9 Å². The molecule has 7 heteroatoms. The van der Waals surface area contributed by atoms with Crippen LogP contribution in [0.3, 0.4) is 0 Å². The molecule has 3 aromatic rings. The van der Waals surface area contributed by atoms with Crippen LogP contribution < -0.4 is 14.5 Å². The van der Waals surface area contributed by atoms with Gasteiger partial charge in [-0.15, -0.1) is 0 Å². The molecule has 0 amide bonds. The first-order valence-corrected chi connectivity index (χ1v) is 6.11. The van der Waals surface area contributed by atoms with E-state index in [1.54, 1.807) is 24.3 Å². The summed E-state index contributed by atoms with van der Waals surface area (Å²) in [6, 6.07) is 12.4. The Morgan fingerprint density at radius 3 is 2.81 bits per heavy atom. The monoisotopic (exact) mass is 285 g/mol. The van der Waals surface area contributed by atoms with Crippen LogP contribution in [0.5, 0.6) is 11.5 Å². The summed E-state index contributed by atoms with van der Waals surface area (Å²) >= 11 is 0. The van der Waals surface area contributed by atoms with Crippen LogP contribution in [0, 0.1) is 5.21 Å². The number of aromatic nitrogens is 2. The van der Waals surface area contributed by atoms with Crippen molar-refractivity contribution in [1.82, 2.24) is 5.16 Å². The van der Waals surface area contributed by atoms with Gasteiger partial charge in [0.05, 0.1) is 24.0 Å². The molecule has 0 atom stereocenters. The topological polar surface area (TPSA) is 83.8 Å². The molecule has 0 aliphatic carbocycles. The highest BCUT2D eigenvalue weighted by Gasteiger charge is 2.18. The number of rotatable bonds is 4. The molecule has 0 N–H and O–H groups in total. The quantitative estimate of drug-likeness (QED) is 0.415. The Morgan fingerprint density at radius 2 is 2.05 bits per heavy atom. The lowest BCUT2D eigenvalue weighted by atomic mass is 10.2. The molecule has 0 saturated heterocycles. The van der Waals surface area contributed by atoms with E-state index in [4.69, 9.17) is 9.57 Å². The fraction of sp³-hybridized carbons (Fsp3) is 0.0714. The van der Waals surface area contributed by atoms with E-state index in [0.29, 0.717) is 27.5 Å². The minimum absolute atomic E-state index is 0.231. The standard InChI is InChI=1S/C14H11N3O4/c1-19-12-8-7-10(14-13(12)16-21-17(14)18)9-15-20-11-5-3-2-4-6-11/h2-9H,1H3/b15-9+. The van der Waals surface area contributed by atoms with Gasteiger partial charge < -0.3 is 14.8 Å². The predicted octanol–water partition coefficient (Wildman–Crippen LogP) is 1.88. The molecule has 1 heterocycles. The summed E-state index contributed by atoms with van der Waals surface area (Å²) in [6.07, 6.45) is 1.42. The van der Waals surface area contributed by atoms with Crippen molar-refractivity contribution in [3.63, 3.8) is 0 Å². The second-order valence-corrected chi connectivity index (χ2v) is 4.12. The van der Waals surface area contributed by atoms with Crippen molar-refractivity contribution in [2.45, 2.75) is 0 Å². The number of hydrogen-bond acceptors (Lipinski definition) is 6. The van der Waals surface area contributed by atoms with Crippen LogP contribution in [0.1, 0.15) is 5.56 Å². The smallest absolute Gasteiger partial charge is 0.290 e. The van der Waals surface area contributed by atoms with Crippen LogP contribution in [0.25, 0.3) is 11.0 Å². The van der Waals surface area contributed by atoms with Crippen molar-refractivity contribution in [3.8, 4) is 11.5 Å². The minimum Gasteiger partial charge on any atom is -0.492 e. The van der Waals surface area contributed by atoms with Crippen LogP contribution in [-0.2, 0) is 0 Å². The number of nitrogens with zero attached hydrogens (tertiary/aromatic N) is 3. The third kappa shape index (κ3) is 2.48. The zero-order valence-electron chi connectivity index (χ0n) is 11.1. The van der Waals surface area contributed by atoms with Gasteiger partial charge in [0.15, 0.2) is 11.5 Å². The van der Waals surface area contributed by atoms with Gasteiger partial charge in [0.2, 0.25) is 5.52 Å². The largest absolute Gasteiger partial charge is 0.492 e. The van der Waals surface area contributed by atoms with E-state index in [1.165, 1.54) is 13.3 Å². The Balaban J connectivity index is 1.92. The summed E-state index contributed by atoms with van der Waals surface area (Å²) in [6.45, 7) is 0. The highest BCUT2D eigenvalue weighted by Crippen LogP contribution is 2.23. The normalized spacial score (nSPS) is 11.1. The van der Waals surface area contributed by atoms with Crippen molar-refractivity contribution in [3.05, 3.63) is 53.2 Å². The van der Waals surface area contributed by atoms with E-state index in [0.717, 1.165) is 0 Å². The number of fused-ring (bicyclic) bond motifs is 1. The first kappa shape index (κ1) is 12.9. The second kappa shape index (κ2) is 5.49. The number of oxime groups is 1. The Labute approximate surface area is 119 Å². The maximum atomic E-state index is 11.6. The molecule has 1 aromatic heterocycles. The third-order valence-corrected chi connectivity index (χ3v) is 2.85. The van der Waals surface area contributed by atoms with Crippen molar-refractivity contribution in [2.75, 3.05) is 7.11 Å². The molecule has 0 saturated carbocycles. The summed E-state index contributed by atoms with van der Waals surface area (Å²) in [5, 5.41) is 19.1. The lowest BCUT2D eigenvalue weighted by Crippen LogP contribution is -2.23. The predicted molar refractivity (Wildman–Crippen MR) is 74.2 cm³/mol. The Morgan fingerprint density at radius 1 is 1.24 bits per heavy atom. The van der Waals surface area contributed by atoms with E-state index < -0.39 is 0 Å². The van der Waals surface area contributed by atoms with Gasteiger partial charge in [0.1, 0.15) is 0 Å². The van der Waals surface area contributed by atoms with Gasteiger partial charge in [-0.3, -0.25) is 4.63 Å². The van der Waals surface area contributed by atoms with Crippen molar-refractivity contribution in [1.29, 1.82) is 0 Å². The van der Waals surface area contributed by atoms with Crippen molar-refractivity contribution in [2.24, 2.45) is 5.16 Å². The van der Waals surface area contributed by atoms with E-state index >= 15 is 0 Å². The molecule has 0 spiro atoms. The first-order chi connectivity index (χ1) is 10.3. The highest BCUT2D eigenvalue weighted by molar-refractivity contribution is 5.96. The van der Waals surface area contributed by atoms with Crippen molar-refractivity contribution >= 4 is 17.2 Å². The van der Waals surface area contributed by atoms with Crippen LogP contribution >= 0.6 is 0 Å². The van der Waals surface area contributed by atoms with Gasteiger partial charge in [-0.1, -0.05) is 23.4 Å². The van der Waals surface area contributed by atoms with Gasteiger partial charge in [0, 0.05) is 0 Å². The summed E-state index contributed by atoms with van der Waals surface area (Å²) in [5.41, 5.74) is 1.07. The van der Waals surface area contributed by atoms with Crippen LogP contribution in [-0.4, -0.2) is 18.5 Å². The molecule has 7 nitrogen and oxygen atoms in total. The SMILES string of the molecule is COc1ccc(/C=N/Oc2ccccc2)c2c1no[n+]2[O-]. The number of methoxy groups -OCH3 is 1. The lowest BCUT2D eigenvalue weighted by molar-refractivity contribution is -0.782. The molecule has 21 heavy (non-hydrogen) atoms. The van der Waals surface area contributed by atoms with E-state index in [9.17, 15) is 5.21 Å². The van der Waals surface area contributed by atoms with Gasteiger partial charge in [0.25, 0.3) is 5.52 Å². The van der Waals surface area contributed by atoms with Crippen LogP contribution in [0.15, 0.2) is 52.2 Å². The third-order valence-electron chi connectivity index (χ3n) is 2.85. The Hall–Kier alpha value is -3.09. The minimum atomic E-state index is 0.231. The van der Waals surface area contributed by atoms with Gasteiger partial charge >= 0.3 is 0 Å². The zero-order chi connectivity index (χ0) is 14.7. The van der Waals surface area contributed by atoms with Crippen molar-refractivity contribution < 1.29 is 19.1 Å². The lowest BCUT2D eigenvalue weighted by Gasteiger charge is -1.99. The van der Waals surface area contributed by atoms with Crippen LogP contribution in [0.4, 0.5) is 0 Å². The molecule has 2 aromatic carbocycles. The maximum Gasteiger partial charge on any atom is 0.290 e. The molecule has 0 unspecified atom stereocenters. The average molecular weight is 285 g/mol. The molecule has 0 fully saturated rings. The summed E-state index contributed by atoms with van der Waals surface area (Å²) in [5.74, 6) is 1.04. The van der Waals surface area contributed by atoms with Gasteiger partial charge in [-0.2, -0.15) is 0 Å². The molecule has 0 bridgehead atoms. The molecule has 106 valence electrons. The number of ether oxygens (including phenoxy) is 1. The fourth-order valence-electron chi connectivity index (χ4n) is 1.87. The van der Waals surface area contributed by atoms with Crippen LogP contribution in [0.2, 0.25) is 0 Å². The first-order valence-electron chi connectivity index (χ1n) is 6.11. The maximum absolute atomic E-state index is 11.6. The summed E-state index contributed by atoms with van der Waals surface area (Å²) in [7, 11) is 1.49. The molecule has 0 aliphatic heterocycles. The molecular formula is C14H11N3O4. The fourth-order valence-corrected chi connectivity index (χ4v) is 1.87. The molecule has 3 rings (SSSR count). The van der Waals surface area contributed by atoms with Gasteiger partial charge in [-0.05, 0) is 29.2 Å². The highest BCUT2D eigenvalue weighted by atomic mass is 16.8. The van der Waals surface area contributed by atoms with Gasteiger partial charge in [-0.25, -0.2) is 0 Å². The van der Waals surface area contributed by atoms with E-state index in [1.807, 2.05) is 18.2 Å². The Bertz CT molecular complexity index is 784. The molecular weight excluding hydrogens is 274 g/mol. The second-order valence-electron chi connectivity index (χ2n) is 4.12.